The maximum Gasteiger partial charge on any atom is 0.416 e. The van der Waals surface area contributed by atoms with Crippen molar-refractivity contribution in [2.75, 3.05) is 0 Å². The molecule has 2 aromatic carbocycles. The van der Waals surface area contributed by atoms with Crippen molar-refractivity contribution in [3.8, 4) is 5.69 Å². The van der Waals surface area contributed by atoms with Crippen LogP contribution in [0.25, 0.3) is 16.6 Å². The van der Waals surface area contributed by atoms with E-state index in [1.54, 1.807) is 28.8 Å². The van der Waals surface area contributed by atoms with Gasteiger partial charge in [-0.05, 0) is 30.3 Å². The van der Waals surface area contributed by atoms with Crippen molar-refractivity contribution in [1.29, 1.82) is 0 Å². The minimum Gasteiger partial charge on any atom is -0.478 e. The number of aromatic carboxylic acids is 1. The number of alkyl halides is 3. The van der Waals surface area contributed by atoms with Crippen LogP contribution in [-0.2, 0) is 6.18 Å². The zero-order valence-electron chi connectivity index (χ0n) is 11.1. The van der Waals surface area contributed by atoms with Crippen LogP contribution < -0.4 is 0 Å². The molecule has 0 bridgehead atoms. The van der Waals surface area contributed by atoms with Gasteiger partial charge in [0.15, 0.2) is 0 Å². The molecule has 0 saturated carbocycles. The molecule has 0 fully saturated rings. The van der Waals surface area contributed by atoms with E-state index >= 15 is 0 Å². The number of hydrogen-bond acceptors (Lipinski definition) is 1. The van der Waals surface area contributed by atoms with Gasteiger partial charge in [0.25, 0.3) is 0 Å². The fourth-order valence-electron chi connectivity index (χ4n) is 2.37. The summed E-state index contributed by atoms with van der Waals surface area (Å²) in [5.41, 5.74) is 0.457. The van der Waals surface area contributed by atoms with Crippen LogP contribution in [0.5, 0.6) is 0 Å². The Hall–Kier alpha value is -2.76. The van der Waals surface area contributed by atoms with Gasteiger partial charge in [-0.1, -0.05) is 18.2 Å². The van der Waals surface area contributed by atoms with Gasteiger partial charge in [-0.15, -0.1) is 0 Å². The maximum atomic E-state index is 12.6. The predicted octanol–water partition coefficient (Wildman–Crippen LogP) is 4.35. The summed E-state index contributed by atoms with van der Waals surface area (Å²) in [5, 5.41) is 9.77. The zero-order valence-corrected chi connectivity index (χ0v) is 11.1. The zero-order chi connectivity index (χ0) is 15.9. The van der Waals surface area contributed by atoms with Gasteiger partial charge in [-0.3, -0.25) is 0 Å². The summed E-state index contributed by atoms with van der Waals surface area (Å²) in [4.78, 5) is 11.3. The maximum absolute atomic E-state index is 12.6. The molecule has 112 valence electrons. The number of benzene rings is 2. The Labute approximate surface area is 123 Å². The second kappa shape index (κ2) is 4.91. The van der Waals surface area contributed by atoms with E-state index in [0.717, 1.165) is 12.1 Å². The van der Waals surface area contributed by atoms with Gasteiger partial charge < -0.3 is 9.67 Å². The molecule has 0 aliphatic rings. The highest BCUT2D eigenvalue weighted by molar-refractivity contribution is 6.04. The third-order valence-electron chi connectivity index (χ3n) is 3.42. The Bertz CT molecular complexity index is 848. The van der Waals surface area contributed by atoms with E-state index in [0.29, 0.717) is 16.6 Å². The third kappa shape index (κ3) is 2.32. The number of halogens is 3. The molecule has 3 aromatic rings. The van der Waals surface area contributed by atoms with Crippen molar-refractivity contribution in [2.45, 2.75) is 6.18 Å². The van der Waals surface area contributed by atoms with Gasteiger partial charge in [0.2, 0.25) is 0 Å². The van der Waals surface area contributed by atoms with Crippen molar-refractivity contribution in [1.82, 2.24) is 4.57 Å². The number of nitrogens with zero attached hydrogens (tertiary/aromatic N) is 1. The van der Waals surface area contributed by atoms with E-state index in [2.05, 4.69) is 0 Å². The lowest BCUT2D eigenvalue weighted by Crippen LogP contribution is -2.04. The third-order valence-corrected chi connectivity index (χ3v) is 3.42. The molecule has 3 nitrogen and oxygen atoms in total. The van der Waals surface area contributed by atoms with E-state index in [-0.39, 0.29) is 5.56 Å². The van der Waals surface area contributed by atoms with Gasteiger partial charge >= 0.3 is 12.1 Å². The monoisotopic (exact) mass is 305 g/mol. The van der Waals surface area contributed by atoms with Crippen molar-refractivity contribution in [3.63, 3.8) is 0 Å². The van der Waals surface area contributed by atoms with Crippen LogP contribution in [0.3, 0.4) is 0 Å². The van der Waals surface area contributed by atoms with Gasteiger partial charge in [-0.25, -0.2) is 4.79 Å². The molecule has 22 heavy (non-hydrogen) atoms. The fourth-order valence-corrected chi connectivity index (χ4v) is 2.37. The number of carboxylic acids is 1. The molecule has 6 heteroatoms. The second-order valence-corrected chi connectivity index (χ2v) is 4.78. The lowest BCUT2D eigenvalue weighted by Gasteiger charge is -2.09. The van der Waals surface area contributed by atoms with Crippen LogP contribution in [0.2, 0.25) is 0 Å². The Balaban J connectivity index is 2.16. The molecule has 1 N–H and O–H groups in total. The van der Waals surface area contributed by atoms with E-state index in [1.807, 2.05) is 0 Å². The topological polar surface area (TPSA) is 42.2 Å². The van der Waals surface area contributed by atoms with Crippen molar-refractivity contribution in [3.05, 3.63) is 65.9 Å². The normalized spacial score (nSPS) is 11.8. The molecule has 0 spiro atoms. The number of fused-ring (bicyclic) bond motifs is 1. The lowest BCUT2D eigenvalue weighted by atomic mass is 10.2. The number of carboxylic acid groups (broad SMARTS) is 1. The molecule has 1 heterocycles. The highest BCUT2D eigenvalue weighted by Gasteiger charge is 2.30. The van der Waals surface area contributed by atoms with Crippen LogP contribution in [0, 0.1) is 0 Å². The van der Waals surface area contributed by atoms with Gasteiger partial charge in [-0.2, -0.15) is 13.2 Å². The Morgan fingerprint density at radius 1 is 1.00 bits per heavy atom. The minimum absolute atomic E-state index is 0.107. The van der Waals surface area contributed by atoms with Crippen molar-refractivity contribution < 1.29 is 23.1 Å². The molecule has 0 unspecified atom stereocenters. The number of hydrogen-bond donors (Lipinski definition) is 1. The van der Waals surface area contributed by atoms with Crippen LogP contribution in [-0.4, -0.2) is 15.6 Å². The Kier molecular flexibility index (Phi) is 3.16. The first-order valence-electron chi connectivity index (χ1n) is 6.39. The standard InChI is InChI=1S/C16H10F3NO2/c17-16(18,19)10-5-7-11(8-6-10)20-9-13(15(21)22)12-3-1-2-4-14(12)20/h1-9H,(H,21,22). The molecule has 3 rings (SSSR count). The molecule has 0 atom stereocenters. The molecular formula is C16H10F3NO2. The van der Waals surface area contributed by atoms with E-state index < -0.39 is 17.7 Å². The van der Waals surface area contributed by atoms with Gasteiger partial charge in [0.1, 0.15) is 0 Å². The fraction of sp³-hybridized carbons (Fsp3) is 0.0625. The predicted molar refractivity (Wildman–Crippen MR) is 75.2 cm³/mol. The largest absolute Gasteiger partial charge is 0.478 e. The first-order valence-corrected chi connectivity index (χ1v) is 6.39. The lowest BCUT2D eigenvalue weighted by molar-refractivity contribution is -0.137. The molecule has 0 amide bonds. The van der Waals surface area contributed by atoms with Crippen LogP contribution in [0.4, 0.5) is 13.2 Å². The summed E-state index contributed by atoms with van der Waals surface area (Å²) in [6.45, 7) is 0. The van der Waals surface area contributed by atoms with E-state index in [9.17, 15) is 23.1 Å². The molecule has 0 aliphatic heterocycles. The number of carbonyl (C=O) groups is 1. The van der Waals surface area contributed by atoms with Crippen LogP contribution in [0.1, 0.15) is 15.9 Å². The number of aromatic nitrogens is 1. The summed E-state index contributed by atoms with van der Waals surface area (Å²) >= 11 is 0. The van der Waals surface area contributed by atoms with E-state index in [4.69, 9.17) is 0 Å². The highest BCUT2D eigenvalue weighted by Crippen LogP contribution is 2.31. The molecule has 1 aromatic heterocycles. The summed E-state index contributed by atoms with van der Waals surface area (Å²) in [7, 11) is 0. The molecule has 0 saturated heterocycles. The smallest absolute Gasteiger partial charge is 0.416 e. The van der Waals surface area contributed by atoms with Crippen molar-refractivity contribution >= 4 is 16.9 Å². The molecule has 0 aliphatic carbocycles. The summed E-state index contributed by atoms with van der Waals surface area (Å²) in [5.74, 6) is -1.08. The van der Waals surface area contributed by atoms with Crippen LogP contribution in [0.15, 0.2) is 54.7 Å². The van der Waals surface area contributed by atoms with Crippen LogP contribution >= 0.6 is 0 Å². The summed E-state index contributed by atoms with van der Waals surface area (Å²) < 4.78 is 39.4. The Morgan fingerprint density at radius 3 is 2.23 bits per heavy atom. The number of rotatable bonds is 2. The summed E-state index contributed by atoms with van der Waals surface area (Å²) in [6.07, 6.45) is -2.99. The second-order valence-electron chi connectivity index (χ2n) is 4.78. The SMILES string of the molecule is O=C(O)c1cn(-c2ccc(C(F)(F)F)cc2)c2ccccc12. The van der Waals surface area contributed by atoms with Gasteiger partial charge in [0, 0.05) is 17.3 Å². The molecular weight excluding hydrogens is 295 g/mol. The van der Waals surface area contributed by atoms with Gasteiger partial charge in [0.05, 0.1) is 16.6 Å². The first-order chi connectivity index (χ1) is 10.4. The van der Waals surface area contributed by atoms with E-state index in [1.165, 1.54) is 18.3 Å². The average Bonchev–Trinajstić information content (AvgIpc) is 2.86. The van der Waals surface area contributed by atoms with Crippen molar-refractivity contribution in [2.24, 2.45) is 0 Å². The summed E-state index contributed by atoms with van der Waals surface area (Å²) in [6, 6.07) is 11.4. The minimum atomic E-state index is -4.40. The first kappa shape index (κ1) is 14.2. The quantitative estimate of drug-likeness (QED) is 0.765. The highest BCUT2D eigenvalue weighted by atomic mass is 19.4. The Morgan fingerprint density at radius 2 is 1.64 bits per heavy atom. The average molecular weight is 305 g/mol. The number of para-hydroxylation sites is 1. The molecule has 0 radical (unpaired) electrons.